The average Bonchev–Trinajstić information content (AvgIpc) is 2.49. The van der Waals surface area contributed by atoms with Crippen LogP contribution in [0.4, 0.5) is 0 Å². The summed E-state index contributed by atoms with van der Waals surface area (Å²) in [5.41, 5.74) is 5.65. The highest BCUT2D eigenvalue weighted by atomic mass is 16.5. The van der Waals surface area contributed by atoms with Crippen molar-refractivity contribution in [3.63, 3.8) is 0 Å². The number of hydrogen-bond donors (Lipinski definition) is 1. The second-order valence-corrected chi connectivity index (χ2v) is 4.89. The van der Waals surface area contributed by atoms with Crippen LogP contribution in [0.3, 0.4) is 0 Å². The van der Waals surface area contributed by atoms with Crippen LogP contribution in [0.5, 0.6) is 0 Å². The van der Waals surface area contributed by atoms with E-state index < -0.39 is 0 Å². The minimum atomic E-state index is -0.256. The number of benzene rings is 1. The molecule has 2 N–H and O–H groups in total. The summed E-state index contributed by atoms with van der Waals surface area (Å²) in [4.78, 5) is 23.6. The third-order valence-corrected chi connectivity index (χ3v) is 3.11. The van der Waals surface area contributed by atoms with E-state index in [0.717, 1.165) is 13.1 Å². The lowest BCUT2D eigenvalue weighted by Gasteiger charge is -2.24. The quantitative estimate of drug-likeness (QED) is 0.859. The SMILES string of the molecule is CCOC(=O)c1ccccc1.NC(=O)CN1CCCCC1. The van der Waals surface area contributed by atoms with Gasteiger partial charge in [0.2, 0.25) is 5.91 Å². The van der Waals surface area contributed by atoms with Crippen molar-refractivity contribution in [2.24, 2.45) is 5.73 Å². The number of likely N-dealkylation sites (tertiary alicyclic amines) is 1. The topological polar surface area (TPSA) is 72.6 Å². The van der Waals surface area contributed by atoms with Crippen LogP contribution in [-0.4, -0.2) is 43.0 Å². The van der Waals surface area contributed by atoms with E-state index in [4.69, 9.17) is 10.5 Å². The maximum atomic E-state index is 11.0. The molecular formula is C16H24N2O3. The first-order valence-electron chi connectivity index (χ1n) is 7.36. The lowest BCUT2D eigenvalue weighted by Crippen LogP contribution is -2.37. The van der Waals surface area contributed by atoms with Crippen LogP contribution < -0.4 is 5.73 Å². The molecule has 0 aliphatic carbocycles. The van der Waals surface area contributed by atoms with Crippen LogP contribution >= 0.6 is 0 Å². The molecule has 0 spiro atoms. The number of piperidine rings is 1. The Labute approximate surface area is 126 Å². The Kier molecular flexibility index (Phi) is 8.12. The smallest absolute Gasteiger partial charge is 0.338 e. The van der Waals surface area contributed by atoms with Crippen LogP contribution in [0, 0.1) is 0 Å². The molecule has 1 aliphatic heterocycles. The summed E-state index contributed by atoms with van der Waals surface area (Å²) in [6, 6.07) is 8.96. The molecule has 0 radical (unpaired) electrons. The van der Waals surface area contributed by atoms with Gasteiger partial charge in [0.15, 0.2) is 0 Å². The van der Waals surface area contributed by atoms with E-state index in [1.807, 2.05) is 18.2 Å². The number of hydrogen-bond acceptors (Lipinski definition) is 4. The fourth-order valence-electron chi connectivity index (χ4n) is 2.13. The summed E-state index contributed by atoms with van der Waals surface area (Å²) < 4.78 is 4.79. The zero-order chi connectivity index (χ0) is 15.5. The predicted octanol–water partition coefficient (Wildman–Crippen LogP) is 1.82. The minimum Gasteiger partial charge on any atom is -0.462 e. The Balaban J connectivity index is 0.000000211. The molecule has 0 atom stereocenters. The molecule has 0 aromatic heterocycles. The van der Waals surface area contributed by atoms with Crippen molar-refractivity contribution in [2.45, 2.75) is 26.2 Å². The first kappa shape index (κ1) is 17.2. The number of carbonyl (C=O) groups is 2. The number of nitrogens with zero attached hydrogens (tertiary/aromatic N) is 1. The number of ether oxygens (including phenoxy) is 1. The zero-order valence-corrected chi connectivity index (χ0v) is 12.6. The Hall–Kier alpha value is -1.88. The maximum absolute atomic E-state index is 11.0. The molecular weight excluding hydrogens is 268 g/mol. The summed E-state index contributed by atoms with van der Waals surface area (Å²) in [6.45, 7) is 4.75. The van der Waals surface area contributed by atoms with Crippen molar-refractivity contribution in [1.82, 2.24) is 4.90 Å². The van der Waals surface area contributed by atoms with Gasteiger partial charge in [-0.3, -0.25) is 9.69 Å². The molecule has 0 unspecified atom stereocenters. The third kappa shape index (κ3) is 7.46. The van der Waals surface area contributed by atoms with Crippen LogP contribution in [0.15, 0.2) is 30.3 Å². The van der Waals surface area contributed by atoms with Gasteiger partial charge in [-0.25, -0.2) is 4.79 Å². The number of amides is 1. The lowest BCUT2D eigenvalue weighted by atomic mass is 10.1. The molecule has 0 saturated carbocycles. The fraction of sp³-hybridized carbons (Fsp3) is 0.500. The Bertz CT molecular complexity index is 428. The van der Waals surface area contributed by atoms with Crippen molar-refractivity contribution in [3.05, 3.63) is 35.9 Å². The van der Waals surface area contributed by atoms with E-state index in [2.05, 4.69) is 4.90 Å². The van der Waals surface area contributed by atoms with Gasteiger partial charge in [-0.1, -0.05) is 24.6 Å². The minimum absolute atomic E-state index is 0.207. The first-order chi connectivity index (χ1) is 10.1. The average molecular weight is 292 g/mol. The van der Waals surface area contributed by atoms with E-state index >= 15 is 0 Å². The largest absolute Gasteiger partial charge is 0.462 e. The molecule has 21 heavy (non-hydrogen) atoms. The van der Waals surface area contributed by atoms with Gasteiger partial charge in [0.05, 0.1) is 18.7 Å². The summed E-state index contributed by atoms with van der Waals surface area (Å²) in [5.74, 6) is -0.463. The second-order valence-electron chi connectivity index (χ2n) is 4.89. The van der Waals surface area contributed by atoms with E-state index in [-0.39, 0.29) is 11.9 Å². The monoisotopic (exact) mass is 292 g/mol. The summed E-state index contributed by atoms with van der Waals surface area (Å²) in [5, 5.41) is 0. The Morgan fingerprint density at radius 3 is 2.29 bits per heavy atom. The van der Waals surface area contributed by atoms with E-state index in [0.29, 0.717) is 18.7 Å². The molecule has 5 nitrogen and oxygen atoms in total. The van der Waals surface area contributed by atoms with Gasteiger partial charge in [0.25, 0.3) is 0 Å². The van der Waals surface area contributed by atoms with Crippen LogP contribution in [0.1, 0.15) is 36.5 Å². The normalized spacial score (nSPS) is 14.7. The Morgan fingerprint density at radius 2 is 1.76 bits per heavy atom. The molecule has 116 valence electrons. The molecule has 1 aliphatic rings. The highest BCUT2D eigenvalue weighted by Gasteiger charge is 2.10. The van der Waals surface area contributed by atoms with Crippen LogP contribution in [0.2, 0.25) is 0 Å². The van der Waals surface area contributed by atoms with Crippen molar-refractivity contribution in [1.29, 1.82) is 0 Å². The Morgan fingerprint density at radius 1 is 1.14 bits per heavy atom. The van der Waals surface area contributed by atoms with Gasteiger partial charge in [-0.05, 0) is 45.0 Å². The lowest BCUT2D eigenvalue weighted by molar-refractivity contribution is -0.119. The van der Waals surface area contributed by atoms with Gasteiger partial charge in [-0.2, -0.15) is 0 Å². The summed E-state index contributed by atoms with van der Waals surface area (Å²) in [6.07, 6.45) is 3.73. The molecule has 1 amide bonds. The predicted molar refractivity (Wildman–Crippen MR) is 81.9 cm³/mol. The fourth-order valence-corrected chi connectivity index (χ4v) is 2.13. The van der Waals surface area contributed by atoms with Crippen molar-refractivity contribution in [3.8, 4) is 0 Å². The van der Waals surface area contributed by atoms with Crippen molar-refractivity contribution >= 4 is 11.9 Å². The van der Waals surface area contributed by atoms with Gasteiger partial charge in [0.1, 0.15) is 0 Å². The van der Waals surface area contributed by atoms with E-state index in [9.17, 15) is 9.59 Å². The van der Waals surface area contributed by atoms with Gasteiger partial charge >= 0.3 is 5.97 Å². The number of carbonyl (C=O) groups excluding carboxylic acids is 2. The van der Waals surface area contributed by atoms with Gasteiger partial charge in [-0.15, -0.1) is 0 Å². The highest BCUT2D eigenvalue weighted by molar-refractivity contribution is 5.89. The van der Waals surface area contributed by atoms with Crippen molar-refractivity contribution in [2.75, 3.05) is 26.2 Å². The molecule has 0 bridgehead atoms. The van der Waals surface area contributed by atoms with E-state index in [1.165, 1.54) is 19.3 Å². The van der Waals surface area contributed by atoms with Crippen LogP contribution in [0.25, 0.3) is 0 Å². The number of primary amides is 1. The second kappa shape index (κ2) is 9.94. The molecule has 2 rings (SSSR count). The van der Waals surface area contributed by atoms with E-state index in [1.54, 1.807) is 19.1 Å². The number of rotatable bonds is 4. The van der Waals surface area contributed by atoms with Crippen LogP contribution in [-0.2, 0) is 9.53 Å². The molecule has 5 heteroatoms. The third-order valence-electron chi connectivity index (χ3n) is 3.11. The van der Waals surface area contributed by atoms with Crippen molar-refractivity contribution < 1.29 is 14.3 Å². The summed E-state index contributed by atoms with van der Waals surface area (Å²) >= 11 is 0. The maximum Gasteiger partial charge on any atom is 0.338 e. The highest BCUT2D eigenvalue weighted by Crippen LogP contribution is 2.07. The number of esters is 1. The molecule has 1 aromatic rings. The molecule has 1 saturated heterocycles. The summed E-state index contributed by atoms with van der Waals surface area (Å²) in [7, 11) is 0. The zero-order valence-electron chi connectivity index (χ0n) is 12.6. The van der Waals surface area contributed by atoms with Gasteiger partial charge in [0, 0.05) is 0 Å². The first-order valence-corrected chi connectivity index (χ1v) is 7.36. The standard InChI is InChI=1S/C9H10O2.C7H14N2O/c1-2-11-9(10)8-6-4-3-5-7-8;8-7(10)6-9-4-2-1-3-5-9/h3-7H,2H2,1H3;1-6H2,(H2,8,10). The molecule has 1 fully saturated rings. The molecule has 1 heterocycles. The number of nitrogens with two attached hydrogens (primary N) is 1. The molecule has 1 aromatic carbocycles. The van der Waals surface area contributed by atoms with Gasteiger partial charge < -0.3 is 10.5 Å².